The van der Waals surface area contributed by atoms with E-state index in [4.69, 9.17) is 4.74 Å². The third-order valence-corrected chi connectivity index (χ3v) is 4.49. The summed E-state index contributed by atoms with van der Waals surface area (Å²) in [6.45, 7) is 2.58. The van der Waals surface area contributed by atoms with Crippen LogP contribution in [-0.4, -0.2) is 24.4 Å². The molecule has 1 aromatic carbocycles. The zero-order chi connectivity index (χ0) is 13.8. The Bertz CT molecular complexity index is 431. The van der Waals surface area contributed by atoms with E-state index in [1.54, 1.807) is 0 Å². The first kappa shape index (κ1) is 13.9. The number of hydrogen-bond donors (Lipinski definition) is 2. The summed E-state index contributed by atoms with van der Waals surface area (Å²) in [5.74, 6) is 2.22. The van der Waals surface area contributed by atoms with Gasteiger partial charge in [-0.25, -0.2) is 0 Å². The van der Waals surface area contributed by atoms with Gasteiger partial charge in [-0.3, -0.25) is 0 Å². The van der Waals surface area contributed by atoms with E-state index >= 15 is 0 Å². The van der Waals surface area contributed by atoms with Crippen LogP contribution in [0.25, 0.3) is 0 Å². The second-order valence-electron chi connectivity index (χ2n) is 6.25. The molecule has 20 heavy (non-hydrogen) atoms. The Morgan fingerprint density at radius 1 is 1.15 bits per heavy atom. The summed E-state index contributed by atoms with van der Waals surface area (Å²) in [7, 11) is 0. The van der Waals surface area contributed by atoms with Crippen molar-refractivity contribution in [2.45, 2.75) is 44.8 Å². The van der Waals surface area contributed by atoms with Crippen molar-refractivity contribution in [2.24, 2.45) is 11.8 Å². The second kappa shape index (κ2) is 6.59. The maximum atomic E-state index is 9.83. The molecule has 0 aliphatic heterocycles. The van der Waals surface area contributed by atoms with Gasteiger partial charge in [0.1, 0.15) is 5.75 Å². The number of hydrogen-bond acceptors (Lipinski definition) is 3. The van der Waals surface area contributed by atoms with E-state index in [-0.39, 0.29) is 6.10 Å². The Hall–Kier alpha value is -1.06. The molecule has 0 radical (unpaired) electrons. The molecule has 2 aliphatic rings. The predicted molar refractivity (Wildman–Crippen MR) is 79.7 cm³/mol. The molecule has 2 N–H and O–H groups in total. The number of aliphatic hydroxyl groups excluding tert-OH is 1. The summed E-state index contributed by atoms with van der Waals surface area (Å²) in [4.78, 5) is 0. The number of aliphatic hydroxyl groups is 1. The van der Waals surface area contributed by atoms with Crippen LogP contribution in [0.2, 0.25) is 0 Å². The highest BCUT2D eigenvalue weighted by Gasteiger charge is 2.25. The molecule has 0 aromatic heterocycles. The molecule has 3 heteroatoms. The van der Waals surface area contributed by atoms with Gasteiger partial charge in [-0.1, -0.05) is 24.6 Å². The monoisotopic (exact) mass is 275 g/mol. The summed E-state index contributed by atoms with van der Waals surface area (Å²) in [6.07, 6.45) is 5.81. The van der Waals surface area contributed by atoms with Crippen LogP contribution in [0, 0.1) is 11.8 Å². The predicted octanol–water partition coefficient (Wildman–Crippen LogP) is 2.73. The molecule has 0 saturated heterocycles. The number of rotatable bonds is 7. The van der Waals surface area contributed by atoms with Crippen molar-refractivity contribution >= 4 is 0 Å². The molecule has 0 amide bonds. The van der Waals surface area contributed by atoms with Gasteiger partial charge in [-0.15, -0.1) is 0 Å². The molecule has 2 aliphatic carbocycles. The minimum atomic E-state index is -0.108. The molecule has 0 heterocycles. The largest absolute Gasteiger partial charge is 0.493 e. The van der Waals surface area contributed by atoms with Gasteiger partial charge in [0.15, 0.2) is 0 Å². The van der Waals surface area contributed by atoms with Gasteiger partial charge in [-0.05, 0) is 43.6 Å². The lowest BCUT2D eigenvalue weighted by Crippen LogP contribution is -2.27. The third-order valence-electron chi connectivity index (χ3n) is 4.49. The van der Waals surface area contributed by atoms with Gasteiger partial charge >= 0.3 is 0 Å². The van der Waals surface area contributed by atoms with Gasteiger partial charge < -0.3 is 15.2 Å². The zero-order valence-electron chi connectivity index (χ0n) is 12.1. The Kier molecular flexibility index (Phi) is 4.58. The van der Waals surface area contributed by atoms with Crippen LogP contribution in [0.5, 0.6) is 5.75 Å². The summed E-state index contributed by atoms with van der Waals surface area (Å²) in [5.41, 5.74) is 1.22. The van der Waals surface area contributed by atoms with Crippen molar-refractivity contribution in [3.8, 4) is 5.75 Å². The first-order chi connectivity index (χ1) is 9.83. The highest BCUT2D eigenvalue weighted by Crippen LogP contribution is 2.30. The van der Waals surface area contributed by atoms with Crippen molar-refractivity contribution in [1.29, 1.82) is 0 Å². The molecule has 0 bridgehead atoms. The minimum Gasteiger partial charge on any atom is -0.493 e. The van der Waals surface area contributed by atoms with Crippen LogP contribution in [-0.2, 0) is 6.54 Å². The van der Waals surface area contributed by atoms with Gasteiger partial charge in [0.25, 0.3) is 0 Å². The second-order valence-corrected chi connectivity index (χ2v) is 6.25. The van der Waals surface area contributed by atoms with E-state index in [2.05, 4.69) is 23.5 Å². The molecule has 2 atom stereocenters. The Balaban J connectivity index is 1.48. The third kappa shape index (κ3) is 3.74. The SMILES string of the molecule is OC1CCCC1CNCc1ccccc1OCC1CC1. The Morgan fingerprint density at radius 3 is 2.75 bits per heavy atom. The summed E-state index contributed by atoms with van der Waals surface area (Å²) >= 11 is 0. The maximum Gasteiger partial charge on any atom is 0.123 e. The van der Waals surface area contributed by atoms with Crippen molar-refractivity contribution in [3.05, 3.63) is 29.8 Å². The van der Waals surface area contributed by atoms with Crippen molar-refractivity contribution in [3.63, 3.8) is 0 Å². The van der Waals surface area contributed by atoms with Crippen LogP contribution >= 0.6 is 0 Å². The highest BCUT2D eigenvalue weighted by molar-refractivity contribution is 5.33. The lowest BCUT2D eigenvalue weighted by Gasteiger charge is -2.16. The average molecular weight is 275 g/mol. The molecule has 3 rings (SSSR count). The molecular formula is C17H25NO2. The molecule has 2 unspecified atom stereocenters. The topological polar surface area (TPSA) is 41.5 Å². The first-order valence-electron chi connectivity index (χ1n) is 7.92. The van der Waals surface area contributed by atoms with Gasteiger partial charge in [-0.2, -0.15) is 0 Å². The normalized spacial score (nSPS) is 25.9. The quantitative estimate of drug-likeness (QED) is 0.804. The van der Waals surface area contributed by atoms with Gasteiger partial charge in [0.05, 0.1) is 12.7 Å². The fraction of sp³-hybridized carbons (Fsp3) is 0.647. The van der Waals surface area contributed by atoms with E-state index < -0.39 is 0 Å². The van der Waals surface area contributed by atoms with Crippen molar-refractivity contribution in [2.75, 3.05) is 13.2 Å². The van der Waals surface area contributed by atoms with Gasteiger partial charge in [0.2, 0.25) is 0 Å². The van der Waals surface area contributed by atoms with Gasteiger partial charge in [0, 0.05) is 18.7 Å². The smallest absolute Gasteiger partial charge is 0.123 e. The molecule has 0 spiro atoms. The Labute approximate surface area is 121 Å². The van der Waals surface area contributed by atoms with Crippen molar-refractivity contribution < 1.29 is 9.84 Å². The highest BCUT2D eigenvalue weighted by atomic mass is 16.5. The van der Waals surface area contributed by atoms with E-state index in [1.165, 1.54) is 18.4 Å². The number of para-hydroxylation sites is 1. The summed E-state index contributed by atoms with van der Waals surface area (Å²) < 4.78 is 5.92. The zero-order valence-corrected chi connectivity index (χ0v) is 12.1. The average Bonchev–Trinajstić information content (AvgIpc) is 3.21. The number of benzene rings is 1. The Morgan fingerprint density at radius 2 is 2.00 bits per heavy atom. The molecule has 1 aromatic rings. The van der Waals surface area contributed by atoms with E-state index in [1.807, 2.05) is 6.07 Å². The molecular weight excluding hydrogens is 250 g/mol. The summed E-state index contributed by atoms with van der Waals surface area (Å²) in [5, 5.41) is 13.3. The van der Waals surface area contributed by atoms with Crippen LogP contribution in [0.1, 0.15) is 37.7 Å². The lowest BCUT2D eigenvalue weighted by atomic mass is 10.1. The van der Waals surface area contributed by atoms with E-state index in [0.717, 1.165) is 50.6 Å². The molecule has 2 saturated carbocycles. The fourth-order valence-corrected chi connectivity index (χ4v) is 2.93. The van der Waals surface area contributed by atoms with Crippen LogP contribution < -0.4 is 10.1 Å². The van der Waals surface area contributed by atoms with E-state index in [0.29, 0.717) is 5.92 Å². The van der Waals surface area contributed by atoms with Crippen LogP contribution in [0.4, 0.5) is 0 Å². The molecule has 3 nitrogen and oxygen atoms in total. The van der Waals surface area contributed by atoms with Crippen LogP contribution in [0.3, 0.4) is 0 Å². The molecule has 2 fully saturated rings. The van der Waals surface area contributed by atoms with Crippen LogP contribution in [0.15, 0.2) is 24.3 Å². The fourth-order valence-electron chi connectivity index (χ4n) is 2.93. The first-order valence-corrected chi connectivity index (χ1v) is 7.92. The van der Waals surface area contributed by atoms with E-state index in [9.17, 15) is 5.11 Å². The molecule has 110 valence electrons. The lowest BCUT2D eigenvalue weighted by molar-refractivity contribution is 0.131. The summed E-state index contributed by atoms with van der Waals surface area (Å²) in [6, 6.07) is 8.28. The van der Waals surface area contributed by atoms with Crippen molar-refractivity contribution in [1.82, 2.24) is 5.32 Å². The maximum absolute atomic E-state index is 9.83. The number of ether oxygens (including phenoxy) is 1. The minimum absolute atomic E-state index is 0.108. The number of nitrogens with one attached hydrogen (secondary N) is 1. The standard InChI is InChI=1S/C17H25NO2/c19-16-6-3-5-14(16)10-18-11-15-4-1-2-7-17(15)20-12-13-8-9-13/h1-2,4,7,13-14,16,18-19H,3,5-6,8-12H2.